The van der Waals surface area contributed by atoms with Gasteiger partial charge in [-0.3, -0.25) is 4.79 Å². The molecule has 0 aliphatic rings. The molecule has 0 radical (unpaired) electrons. The average molecular weight is 404 g/mol. The molecule has 0 bridgehead atoms. The zero-order valence-corrected chi connectivity index (χ0v) is 17.2. The normalized spacial score (nSPS) is 11.4. The third-order valence-corrected chi connectivity index (χ3v) is 4.35. The fourth-order valence-electron chi connectivity index (χ4n) is 2.78. The number of H-pyrrole nitrogens is 1. The molecule has 29 heavy (non-hydrogen) atoms. The van der Waals surface area contributed by atoms with Gasteiger partial charge >= 0.3 is 11.9 Å². The number of hydrogen-bond acceptors (Lipinski definition) is 7. The van der Waals surface area contributed by atoms with Gasteiger partial charge in [0.2, 0.25) is 0 Å². The molecule has 0 aliphatic carbocycles. The number of amides is 1. The Bertz CT molecular complexity index is 933. The van der Waals surface area contributed by atoms with Crippen molar-refractivity contribution in [1.82, 2.24) is 4.98 Å². The molecule has 9 nitrogen and oxygen atoms in total. The van der Waals surface area contributed by atoms with Crippen LogP contribution in [0.1, 0.15) is 39.0 Å². The lowest BCUT2D eigenvalue weighted by molar-refractivity contribution is -0.123. The predicted octanol–water partition coefficient (Wildman–Crippen LogP) is 2.62. The van der Waals surface area contributed by atoms with E-state index >= 15 is 0 Å². The summed E-state index contributed by atoms with van der Waals surface area (Å²) < 4.78 is 20.3. The Morgan fingerprint density at radius 3 is 2.31 bits per heavy atom. The van der Waals surface area contributed by atoms with Gasteiger partial charge in [0.1, 0.15) is 17.2 Å². The van der Waals surface area contributed by atoms with E-state index in [-0.39, 0.29) is 11.3 Å². The van der Waals surface area contributed by atoms with Crippen LogP contribution >= 0.6 is 0 Å². The second kappa shape index (κ2) is 9.13. The minimum absolute atomic E-state index is 0.0847. The zero-order chi connectivity index (χ0) is 21.7. The van der Waals surface area contributed by atoms with E-state index in [0.717, 1.165) is 0 Å². The molecule has 1 atom stereocenters. The Balaban J connectivity index is 2.14. The number of methoxy groups -OCH3 is 3. The number of hydrogen-bond donors (Lipinski definition) is 2. The summed E-state index contributed by atoms with van der Waals surface area (Å²) in [6, 6.07) is 4.92. The van der Waals surface area contributed by atoms with Crippen molar-refractivity contribution >= 4 is 23.5 Å². The number of rotatable bonds is 7. The highest BCUT2D eigenvalue weighted by Gasteiger charge is 2.26. The molecule has 2 aromatic rings. The maximum atomic E-state index is 12.5. The van der Waals surface area contributed by atoms with Crippen molar-refractivity contribution in [2.45, 2.75) is 26.9 Å². The van der Waals surface area contributed by atoms with E-state index in [1.165, 1.54) is 28.3 Å². The summed E-state index contributed by atoms with van der Waals surface area (Å²) in [5.74, 6) is -0.930. The predicted molar refractivity (Wildman–Crippen MR) is 105 cm³/mol. The third-order valence-electron chi connectivity index (χ3n) is 4.35. The van der Waals surface area contributed by atoms with Crippen LogP contribution < -0.4 is 14.8 Å². The van der Waals surface area contributed by atoms with Gasteiger partial charge < -0.3 is 29.2 Å². The summed E-state index contributed by atoms with van der Waals surface area (Å²) in [6.07, 6.45) is -1.11. The van der Waals surface area contributed by atoms with Crippen LogP contribution in [-0.2, 0) is 14.3 Å². The SMILES string of the molecule is COC(=O)c1c(C)[nH]c(C(=O)OC(C)C(=O)Nc2cc(OC)ccc2OC)c1C. The number of anilines is 1. The number of aromatic amines is 1. The quantitative estimate of drug-likeness (QED) is 0.682. The molecule has 0 fully saturated rings. The van der Waals surface area contributed by atoms with E-state index in [0.29, 0.717) is 28.4 Å². The van der Waals surface area contributed by atoms with Crippen molar-refractivity contribution in [1.29, 1.82) is 0 Å². The second-order valence-electron chi connectivity index (χ2n) is 6.22. The Morgan fingerprint density at radius 1 is 1.03 bits per heavy atom. The van der Waals surface area contributed by atoms with Crippen LogP contribution in [0.25, 0.3) is 0 Å². The largest absolute Gasteiger partial charge is 0.497 e. The Hall–Kier alpha value is -3.49. The van der Waals surface area contributed by atoms with Gasteiger partial charge in [-0.1, -0.05) is 0 Å². The molecule has 0 aliphatic heterocycles. The number of nitrogens with one attached hydrogen (secondary N) is 2. The highest BCUT2D eigenvalue weighted by atomic mass is 16.5. The molecule has 1 aromatic heterocycles. The first kappa shape index (κ1) is 21.8. The molecule has 2 rings (SSSR count). The van der Waals surface area contributed by atoms with Gasteiger partial charge in [0.05, 0.1) is 32.6 Å². The molecule has 9 heteroatoms. The van der Waals surface area contributed by atoms with Gasteiger partial charge in [-0.25, -0.2) is 9.59 Å². The molecule has 1 unspecified atom stereocenters. The van der Waals surface area contributed by atoms with Gasteiger partial charge in [-0.15, -0.1) is 0 Å². The molecule has 0 saturated carbocycles. The number of carbonyl (C=O) groups excluding carboxylic acids is 3. The minimum atomic E-state index is -1.11. The third kappa shape index (κ3) is 4.68. The number of aromatic nitrogens is 1. The smallest absolute Gasteiger partial charge is 0.355 e. The maximum absolute atomic E-state index is 12.5. The number of carbonyl (C=O) groups is 3. The van der Waals surface area contributed by atoms with Crippen LogP contribution in [0, 0.1) is 13.8 Å². The average Bonchev–Trinajstić information content (AvgIpc) is 3.01. The molecule has 1 amide bonds. The Kier molecular flexibility index (Phi) is 6.87. The highest BCUT2D eigenvalue weighted by molar-refractivity contribution is 6.00. The van der Waals surface area contributed by atoms with E-state index in [4.69, 9.17) is 18.9 Å². The van der Waals surface area contributed by atoms with E-state index in [2.05, 4.69) is 10.3 Å². The fraction of sp³-hybridized carbons (Fsp3) is 0.350. The molecule has 0 spiro atoms. The number of benzene rings is 1. The summed E-state index contributed by atoms with van der Waals surface area (Å²) in [7, 11) is 4.22. The first-order valence-electron chi connectivity index (χ1n) is 8.74. The number of ether oxygens (including phenoxy) is 4. The lowest BCUT2D eigenvalue weighted by Gasteiger charge is -2.16. The van der Waals surface area contributed by atoms with Crippen molar-refractivity contribution in [2.75, 3.05) is 26.6 Å². The Morgan fingerprint density at radius 2 is 1.72 bits per heavy atom. The first-order valence-corrected chi connectivity index (χ1v) is 8.74. The second-order valence-corrected chi connectivity index (χ2v) is 6.22. The molecule has 1 aromatic carbocycles. The van der Waals surface area contributed by atoms with Gasteiger partial charge in [-0.2, -0.15) is 0 Å². The van der Waals surface area contributed by atoms with E-state index < -0.39 is 23.9 Å². The topological polar surface area (TPSA) is 116 Å². The summed E-state index contributed by atoms with van der Waals surface area (Å²) in [5, 5.41) is 2.65. The van der Waals surface area contributed by atoms with Gasteiger partial charge in [0, 0.05) is 11.8 Å². The van der Waals surface area contributed by atoms with Crippen LogP contribution in [0.2, 0.25) is 0 Å². The summed E-state index contributed by atoms with van der Waals surface area (Å²) in [4.78, 5) is 39.7. The van der Waals surface area contributed by atoms with Crippen LogP contribution in [0.3, 0.4) is 0 Å². The summed E-state index contributed by atoms with van der Waals surface area (Å²) >= 11 is 0. The van der Waals surface area contributed by atoms with Crippen molar-refractivity contribution in [3.63, 3.8) is 0 Å². The Labute approximate surface area is 168 Å². The standard InChI is InChI=1S/C20H24N2O7/c1-10-16(19(24)28-6)11(2)21-17(10)20(25)29-12(3)18(23)22-14-9-13(26-4)7-8-15(14)27-5/h7-9,12,21H,1-6H3,(H,22,23). The maximum Gasteiger partial charge on any atom is 0.355 e. The van der Waals surface area contributed by atoms with Crippen molar-refractivity contribution < 1.29 is 33.3 Å². The van der Waals surface area contributed by atoms with Crippen molar-refractivity contribution in [3.05, 3.63) is 40.7 Å². The van der Waals surface area contributed by atoms with Crippen molar-refractivity contribution in [3.8, 4) is 11.5 Å². The monoisotopic (exact) mass is 404 g/mol. The van der Waals surface area contributed by atoms with E-state index in [9.17, 15) is 14.4 Å². The van der Waals surface area contributed by atoms with Crippen LogP contribution in [0.4, 0.5) is 5.69 Å². The molecular weight excluding hydrogens is 380 g/mol. The molecular formula is C20H24N2O7. The molecule has 156 valence electrons. The molecule has 0 saturated heterocycles. The minimum Gasteiger partial charge on any atom is -0.497 e. The van der Waals surface area contributed by atoms with Crippen LogP contribution in [-0.4, -0.2) is 50.3 Å². The fourth-order valence-corrected chi connectivity index (χ4v) is 2.78. The lowest BCUT2D eigenvalue weighted by Crippen LogP contribution is -2.30. The first-order chi connectivity index (χ1) is 13.7. The van der Waals surface area contributed by atoms with Crippen LogP contribution in [0.15, 0.2) is 18.2 Å². The van der Waals surface area contributed by atoms with Gasteiger partial charge in [0.25, 0.3) is 5.91 Å². The summed E-state index contributed by atoms with van der Waals surface area (Å²) in [6.45, 7) is 4.67. The lowest BCUT2D eigenvalue weighted by atomic mass is 10.1. The number of esters is 2. The van der Waals surface area contributed by atoms with E-state index in [1.807, 2.05) is 0 Å². The number of aryl methyl sites for hydroxylation is 1. The van der Waals surface area contributed by atoms with E-state index in [1.54, 1.807) is 32.0 Å². The molecule has 2 N–H and O–H groups in total. The molecule has 1 heterocycles. The van der Waals surface area contributed by atoms with Gasteiger partial charge in [0.15, 0.2) is 6.10 Å². The van der Waals surface area contributed by atoms with Crippen LogP contribution in [0.5, 0.6) is 11.5 Å². The van der Waals surface area contributed by atoms with Crippen molar-refractivity contribution in [2.24, 2.45) is 0 Å². The van der Waals surface area contributed by atoms with Gasteiger partial charge in [-0.05, 0) is 38.5 Å². The summed E-state index contributed by atoms with van der Waals surface area (Å²) in [5.41, 5.74) is 1.58. The zero-order valence-electron chi connectivity index (χ0n) is 17.2. The highest BCUT2D eigenvalue weighted by Crippen LogP contribution is 2.29.